The minimum atomic E-state index is -2.97. The molecule has 2 aromatic heterocycles. The molecule has 320 valence electrons. The summed E-state index contributed by atoms with van der Waals surface area (Å²) in [6.07, 6.45) is 0.658. The van der Waals surface area contributed by atoms with Gasteiger partial charge in [-0.3, -0.25) is 19.2 Å². The van der Waals surface area contributed by atoms with Crippen molar-refractivity contribution in [1.29, 1.82) is 0 Å². The first-order valence-corrected chi connectivity index (χ1v) is 19.2. The number of carbonyl (C=O) groups excluding carboxylic acids is 4. The number of nitrogens with zero attached hydrogens (tertiary/aromatic N) is 6. The van der Waals surface area contributed by atoms with Crippen molar-refractivity contribution in [3.8, 4) is 0 Å². The van der Waals surface area contributed by atoms with Crippen LogP contribution in [0.25, 0.3) is 0 Å². The Labute approximate surface area is 335 Å². The maximum absolute atomic E-state index is 14.1. The maximum Gasteiger partial charge on any atom is 0.291 e. The van der Waals surface area contributed by atoms with Crippen LogP contribution < -0.4 is 21.3 Å². The lowest BCUT2D eigenvalue weighted by molar-refractivity contribution is -0.118. The van der Waals surface area contributed by atoms with Crippen molar-refractivity contribution in [2.75, 3.05) is 10.6 Å². The Morgan fingerprint density at radius 2 is 1.03 bits per heavy atom. The van der Waals surface area contributed by atoms with Crippen LogP contribution in [0.5, 0.6) is 0 Å². The zero-order valence-electron chi connectivity index (χ0n) is 32.0. The summed E-state index contributed by atoms with van der Waals surface area (Å²) in [5.74, 6) is -12.3. The average Bonchev–Trinajstić information content (AvgIpc) is 3.95. The van der Waals surface area contributed by atoms with E-state index < -0.39 is 82.9 Å². The lowest BCUT2D eigenvalue weighted by Gasteiger charge is -2.22. The standard InChI is InChI=1S/2C19H19F4N5O2/c2*1-2-19(22,23)13-5-6-14-25-16(27-28(13)14)18(30)24-12-4-3-9-7-10(20)8-11(21)15(9)26-17(12)29/h2*7-8,12-13H,2-6H2,1H3,(H,24,30)(H,26,29)/t12-,13?;12-,13+/m00/s1. The molecular weight excluding hydrogens is 812 g/mol. The van der Waals surface area contributed by atoms with Crippen molar-refractivity contribution in [1.82, 2.24) is 40.2 Å². The first kappa shape index (κ1) is 42.2. The van der Waals surface area contributed by atoms with Gasteiger partial charge in [-0.25, -0.2) is 54.5 Å². The highest BCUT2D eigenvalue weighted by atomic mass is 19.3. The lowest BCUT2D eigenvalue weighted by atomic mass is 10.1. The summed E-state index contributed by atoms with van der Waals surface area (Å²) in [6, 6.07) is -0.845. The molecule has 4 aromatic rings. The minimum absolute atomic E-state index is 0.0948. The molecule has 0 saturated heterocycles. The molecule has 0 aliphatic carbocycles. The number of aryl methyl sites for hydroxylation is 4. The molecule has 4 amide bonds. The normalized spacial score (nSPS) is 20.9. The number of aromatic nitrogens is 6. The molecule has 4 N–H and O–H groups in total. The summed E-state index contributed by atoms with van der Waals surface area (Å²) in [6.45, 7) is 2.75. The van der Waals surface area contributed by atoms with Gasteiger partial charge in [0, 0.05) is 37.8 Å². The molecule has 4 aliphatic heterocycles. The molecule has 0 radical (unpaired) electrons. The summed E-state index contributed by atoms with van der Waals surface area (Å²) in [5, 5.41) is 17.5. The molecule has 60 heavy (non-hydrogen) atoms. The molecule has 22 heteroatoms. The number of amides is 4. The third kappa shape index (κ3) is 8.27. The van der Waals surface area contributed by atoms with Gasteiger partial charge >= 0.3 is 0 Å². The SMILES string of the molecule is CCC(F)(F)C1CCc2nc(C(=O)N[C@H]3CCc4cc(F)cc(F)c4NC3=O)nn21.CCC(F)(F)[C@H]1CCc2nc(C(=O)N[C@H]3CCc4cc(F)cc(F)c4NC3=O)nn21. The summed E-state index contributed by atoms with van der Waals surface area (Å²) in [4.78, 5) is 58.0. The number of nitrogens with one attached hydrogen (secondary N) is 4. The number of hydrogen-bond donors (Lipinski definition) is 4. The van der Waals surface area contributed by atoms with Gasteiger partial charge < -0.3 is 21.3 Å². The van der Waals surface area contributed by atoms with E-state index in [0.29, 0.717) is 12.1 Å². The van der Waals surface area contributed by atoms with E-state index >= 15 is 0 Å². The first-order chi connectivity index (χ1) is 28.4. The molecule has 6 heterocycles. The van der Waals surface area contributed by atoms with Crippen LogP contribution in [0, 0.1) is 23.3 Å². The molecule has 2 aromatic carbocycles. The maximum atomic E-state index is 14.1. The van der Waals surface area contributed by atoms with E-state index in [1.54, 1.807) is 0 Å². The van der Waals surface area contributed by atoms with Gasteiger partial charge in [-0.2, -0.15) is 0 Å². The van der Waals surface area contributed by atoms with Crippen LogP contribution in [0.15, 0.2) is 24.3 Å². The summed E-state index contributed by atoms with van der Waals surface area (Å²) < 4.78 is 113. The fourth-order valence-electron chi connectivity index (χ4n) is 7.70. The van der Waals surface area contributed by atoms with Gasteiger partial charge in [-0.05, 0) is 61.8 Å². The Bertz CT molecular complexity index is 2210. The van der Waals surface area contributed by atoms with Crippen LogP contribution in [-0.4, -0.2) is 77.1 Å². The molecule has 0 saturated carbocycles. The van der Waals surface area contributed by atoms with E-state index in [9.17, 15) is 54.3 Å². The number of carbonyl (C=O) groups is 4. The molecule has 0 fully saturated rings. The topological polar surface area (TPSA) is 178 Å². The highest BCUT2D eigenvalue weighted by Crippen LogP contribution is 2.40. The van der Waals surface area contributed by atoms with E-state index in [1.807, 2.05) is 0 Å². The Hall–Kier alpha value is -5.96. The van der Waals surface area contributed by atoms with Crippen molar-refractivity contribution in [3.63, 3.8) is 0 Å². The molecule has 4 aliphatic rings. The van der Waals surface area contributed by atoms with Crippen LogP contribution in [-0.2, 0) is 35.3 Å². The average molecular weight is 851 g/mol. The number of rotatable bonds is 8. The number of alkyl halides is 4. The van der Waals surface area contributed by atoms with E-state index in [2.05, 4.69) is 41.4 Å². The number of anilines is 2. The molecule has 0 bridgehead atoms. The van der Waals surface area contributed by atoms with Gasteiger partial charge in [-0.1, -0.05) is 13.8 Å². The number of fused-ring (bicyclic) bond motifs is 4. The second-order valence-electron chi connectivity index (χ2n) is 14.9. The number of benzene rings is 2. The molecular formula is C38H38F8N10O4. The molecule has 14 nitrogen and oxygen atoms in total. The van der Waals surface area contributed by atoms with Crippen molar-refractivity contribution >= 4 is 35.0 Å². The van der Waals surface area contributed by atoms with Gasteiger partial charge in [0.1, 0.15) is 59.1 Å². The van der Waals surface area contributed by atoms with Gasteiger partial charge in [0.25, 0.3) is 23.7 Å². The lowest BCUT2D eigenvalue weighted by Crippen LogP contribution is -2.43. The minimum Gasteiger partial charge on any atom is -0.337 e. The second-order valence-corrected chi connectivity index (χ2v) is 14.9. The van der Waals surface area contributed by atoms with Crippen molar-refractivity contribution in [2.24, 2.45) is 0 Å². The van der Waals surface area contributed by atoms with Crippen molar-refractivity contribution < 1.29 is 54.3 Å². The fourth-order valence-corrected chi connectivity index (χ4v) is 7.70. The highest BCUT2D eigenvalue weighted by Gasteiger charge is 2.46. The number of halogens is 8. The van der Waals surface area contributed by atoms with Gasteiger partial charge in [0.15, 0.2) is 0 Å². The predicted octanol–water partition coefficient (Wildman–Crippen LogP) is 5.54. The quantitative estimate of drug-likeness (QED) is 0.167. The predicted molar refractivity (Wildman–Crippen MR) is 194 cm³/mol. The fraction of sp³-hybridized carbons (Fsp3) is 0.474. The third-order valence-corrected chi connectivity index (χ3v) is 11.0. The smallest absolute Gasteiger partial charge is 0.291 e. The first-order valence-electron chi connectivity index (χ1n) is 19.2. The molecule has 4 atom stereocenters. The van der Waals surface area contributed by atoms with E-state index in [-0.39, 0.29) is 110 Å². The van der Waals surface area contributed by atoms with E-state index in [4.69, 9.17) is 0 Å². The van der Waals surface area contributed by atoms with Crippen LogP contribution in [0.2, 0.25) is 0 Å². The molecule has 8 rings (SSSR count). The summed E-state index contributed by atoms with van der Waals surface area (Å²) >= 11 is 0. The Balaban J connectivity index is 0.000000181. The monoisotopic (exact) mass is 850 g/mol. The Morgan fingerprint density at radius 3 is 1.40 bits per heavy atom. The van der Waals surface area contributed by atoms with Crippen LogP contribution in [0.4, 0.5) is 46.5 Å². The van der Waals surface area contributed by atoms with Crippen molar-refractivity contribution in [2.45, 2.75) is 114 Å². The Kier molecular flexibility index (Phi) is 11.4. The van der Waals surface area contributed by atoms with Gasteiger partial charge in [0.2, 0.25) is 23.5 Å². The molecule has 1 unspecified atom stereocenters. The Morgan fingerprint density at radius 1 is 0.650 bits per heavy atom. The van der Waals surface area contributed by atoms with Crippen LogP contribution in [0.3, 0.4) is 0 Å². The third-order valence-electron chi connectivity index (χ3n) is 11.0. The van der Waals surface area contributed by atoms with E-state index in [1.165, 1.54) is 13.8 Å². The van der Waals surface area contributed by atoms with Crippen molar-refractivity contribution in [3.05, 3.63) is 82.0 Å². The second kappa shape index (κ2) is 16.2. The zero-order valence-corrected chi connectivity index (χ0v) is 32.0. The number of hydrogen-bond acceptors (Lipinski definition) is 8. The largest absolute Gasteiger partial charge is 0.337 e. The van der Waals surface area contributed by atoms with Gasteiger partial charge in [-0.15, -0.1) is 10.2 Å². The summed E-state index contributed by atoms with van der Waals surface area (Å²) in [7, 11) is 0. The van der Waals surface area contributed by atoms with Crippen LogP contribution >= 0.6 is 0 Å². The molecule has 0 spiro atoms. The zero-order chi connectivity index (χ0) is 43.3. The highest BCUT2D eigenvalue weighted by molar-refractivity contribution is 6.01. The van der Waals surface area contributed by atoms with Crippen LogP contribution in [0.1, 0.15) is 108 Å². The van der Waals surface area contributed by atoms with Gasteiger partial charge in [0.05, 0.1) is 11.4 Å². The van der Waals surface area contributed by atoms with E-state index in [0.717, 1.165) is 21.5 Å². The summed E-state index contributed by atoms with van der Waals surface area (Å²) in [5.41, 5.74) is 0.312.